The Kier molecular flexibility index (Phi) is 6.11. The molecule has 1 aromatic carbocycles. The average Bonchev–Trinajstić information content (AvgIpc) is 2.42. The van der Waals surface area contributed by atoms with Gasteiger partial charge in [-0.3, -0.25) is 9.59 Å². The van der Waals surface area contributed by atoms with E-state index in [-0.39, 0.29) is 11.8 Å². The molecule has 0 aliphatic carbocycles. The Hall–Kier alpha value is -1.95. The minimum Gasteiger partial charge on any atom is -0.353 e. The van der Waals surface area contributed by atoms with E-state index in [4.69, 9.17) is 5.73 Å². The summed E-state index contributed by atoms with van der Waals surface area (Å²) in [5.41, 5.74) is 5.63. The quantitative estimate of drug-likeness (QED) is 0.716. The third kappa shape index (κ3) is 4.62. The van der Waals surface area contributed by atoms with Gasteiger partial charge in [0, 0.05) is 18.7 Å². The molecule has 6 heteroatoms. The Balaban J connectivity index is 2.72. The van der Waals surface area contributed by atoms with Crippen LogP contribution in [0.4, 0.5) is 4.39 Å². The fraction of sp³-hybridized carbons (Fsp3) is 0.429. The molecule has 20 heavy (non-hydrogen) atoms. The minimum atomic E-state index is -0.654. The molecule has 0 saturated heterocycles. The highest BCUT2D eigenvalue weighted by Crippen LogP contribution is 2.06. The molecule has 1 aromatic rings. The van der Waals surface area contributed by atoms with Gasteiger partial charge in [0.05, 0.1) is 0 Å². The van der Waals surface area contributed by atoms with Gasteiger partial charge in [0.25, 0.3) is 5.91 Å². The number of carbonyl (C=O) groups is 2. The zero-order valence-corrected chi connectivity index (χ0v) is 11.7. The lowest BCUT2D eigenvalue weighted by Gasteiger charge is -2.21. The molecular weight excluding hydrogens is 261 g/mol. The normalized spacial score (nSPS) is 12.1. The van der Waals surface area contributed by atoms with Crippen LogP contribution in [0.15, 0.2) is 24.3 Å². The third-order valence-electron chi connectivity index (χ3n) is 2.79. The van der Waals surface area contributed by atoms with Crippen molar-refractivity contribution in [1.82, 2.24) is 10.6 Å². The van der Waals surface area contributed by atoms with Gasteiger partial charge in [0.2, 0.25) is 5.91 Å². The Morgan fingerprint density at radius 1 is 1.25 bits per heavy atom. The van der Waals surface area contributed by atoms with Gasteiger partial charge in [0.15, 0.2) is 0 Å². The number of carbonyl (C=O) groups excluding carboxylic acids is 2. The molecule has 1 atom stereocenters. The summed E-state index contributed by atoms with van der Waals surface area (Å²) in [5.74, 6) is -1.17. The summed E-state index contributed by atoms with van der Waals surface area (Å²) in [6.07, 6.45) is 0. The van der Waals surface area contributed by atoms with Crippen LogP contribution in [0.2, 0.25) is 0 Å². The van der Waals surface area contributed by atoms with Gasteiger partial charge in [-0.25, -0.2) is 4.39 Å². The molecule has 0 aliphatic rings. The van der Waals surface area contributed by atoms with Crippen molar-refractivity contribution in [3.05, 3.63) is 35.6 Å². The van der Waals surface area contributed by atoms with E-state index < -0.39 is 17.8 Å². The Bertz CT molecular complexity index is 460. The van der Waals surface area contributed by atoms with E-state index in [2.05, 4.69) is 10.6 Å². The second-order valence-corrected chi connectivity index (χ2v) is 4.78. The maximum absolute atomic E-state index is 12.8. The van der Waals surface area contributed by atoms with Crippen molar-refractivity contribution in [3.63, 3.8) is 0 Å². The second kappa shape index (κ2) is 7.59. The first kappa shape index (κ1) is 16.1. The molecule has 0 spiro atoms. The first-order valence-corrected chi connectivity index (χ1v) is 6.50. The van der Waals surface area contributed by atoms with Crippen LogP contribution in [-0.2, 0) is 4.79 Å². The van der Waals surface area contributed by atoms with Gasteiger partial charge >= 0.3 is 0 Å². The maximum atomic E-state index is 12.8. The minimum absolute atomic E-state index is 0.0721. The van der Waals surface area contributed by atoms with Crippen LogP contribution in [0.1, 0.15) is 24.2 Å². The molecule has 0 aliphatic heterocycles. The Morgan fingerprint density at radius 2 is 1.85 bits per heavy atom. The van der Waals surface area contributed by atoms with E-state index in [0.29, 0.717) is 18.7 Å². The molecule has 4 N–H and O–H groups in total. The molecule has 5 nitrogen and oxygen atoms in total. The van der Waals surface area contributed by atoms with Crippen molar-refractivity contribution >= 4 is 11.8 Å². The van der Waals surface area contributed by atoms with Gasteiger partial charge in [-0.1, -0.05) is 13.8 Å². The highest BCUT2D eigenvalue weighted by Gasteiger charge is 2.24. The lowest BCUT2D eigenvalue weighted by Crippen LogP contribution is -2.50. The summed E-state index contributed by atoms with van der Waals surface area (Å²) >= 11 is 0. The Morgan fingerprint density at radius 3 is 2.35 bits per heavy atom. The monoisotopic (exact) mass is 281 g/mol. The zero-order chi connectivity index (χ0) is 15.1. The molecule has 0 fully saturated rings. The molecule has 1 unspecified atom stereocenters. The predicted octanol–water partition coefficient (Wildman–Crippen LogP) is 0.655. The van der Waals surface area contributed by atoms with Crippen molar-refractivity contribution < 1.29 is 14.0 Å². The summed E-state index contributed by atoms with van der Waals surface area (Å²) in [6, 6.07) is 4.50. The fourth-order valence-corrected chi connectivity index (χ4v) is 1.67. The molecule has 0 aromatic heterocycles. The van der Waals surface area contributed by atoms with E-state index in [1.165, 1.54) is 24.3 Å². The van der Waals surface area contributed by atoms with Crippen LogP contribution in [0.5, 0.6) is 0 Å². The summed E-state index contributed by atoms with van der Waals surface area (Å²) in [6.45, 7) is 4.35. The molecule has 1 rings (SSSR count). The fourth-order valence-electron chi connectivity index (χ4n) is 1.67. The molecule has 0 bridgehead atoms. The topological polar surface area (TPSA) is 84.2 Å². The first-order chi connectivity index (χ1) is 9.45. The number of hydrogen-bond donors (Lipinski definition) is 3. The SMILES string of the molecule is CC(C)C(NC(=O)c1ccc(F)cc1)C(=O)NCCN. The van der Waals surface area contributed by atoms with E-state index >= 15 is 0 Å². The van der Waals surface area contributed by atoms with Gasteiger partial charge in [-0.05, 0) is 30.2 Å². The number of nitrogens with two attached hydrogens (primary N) is 1. The van der Waals surface area contributed by atoms with Gasteiger partial charge < -0.3 is 16.4 Å². The number of halogens is 1. The number of amides is 2. The van der Waals surface area contributed by atoms with Crippen LogP contribution >= 0.6 is 0 Å². The summed E-state index contributed by atoms with van der Waals surface area (Å²) in [4.78, 5) is 23.9. The maximum Gasteiger partial charge on any atom is 0.251 e. The molecule has 0 radical (unpaired) electrons. The highest BCUT2D eigenvalue weighted by atomic mass is 19.1. The molecule has 0 heterocycles. The van der Waals surface area contributed by atoms with Gasteiger partial charge in [0.1, 0.15) is 11.9 Å². The standard InChI is InChI=1S/C14H20FN3O2/c1-9(2)12(14(20)17-8-7-16)18-13(19)10-3-5-11(15)6-4-10/h3-6,9,12H,7-8,16H2,1-2H3,(H,17,20)(H,18,19). The number of rotatable bonds is 6. The van der Waals surface area contributed by atoms with Crippen LogP contribution in [0.3, 0.4) is 0 Å². The number of nitrogens with one attached hydrogen (secondary N) is 2. The van der Waals surface area contributed by atoms with Crippen LogP contribution in [0.25, 0.3) is 0 Å². The smallest absolute Gasteiger partial charge is 0.251 e. The van der Waals surface area contributed by atoms with Crippen LogP contribution in [-0.4, -0.2) is 30.9 Å². The predicted molar refractivity (Wildman–Crippen MR) is 74.6 cm³/mol. The summed E-state index contributed by atoms with van der Waals surface area (Å²) in [5, 5.41) is 5.29. The summed E-state index contributed by atoms with van der Waals surface area (Å²) in [7, 11) is 0. The first-order valence-electron chi connectivity index (χ1n) is 6.50. The van der Waals surface area contributed by atoms with Crippen molar-refractivity contribution in [2.75, 3.05) is 13.1 Å². The van der Waals surface area contributed by atoms with E-state index in [9.17, 15) is 14.0 Å². The highest BCUT2D eigenvalue weighted by molar-refractivity contribution is 5.97. The van der Waals surface area contributed by atoms with Gasteiger partial charge in [-0.2, -0.15) is 0 Å². The van der Waals surface area contributed by atoms with Crippen molar-refractivity contribution in [3.8, 4) is 0 Å². The van der Waals surface area contributed by atoms with E-state index in [0.717, 1.165) is 0 Å². The van der Waals surface area contributed by atoms with Crippen molar-refractivity contribution in [2.24, 2.45) is 11.7 Å². The zero-order valence-electron chi connectivity index (χ0n) is 11.7. The molecular formula is C14H20FN3O2. The lowest BCUT2D eigenvalue weighted by molar-refractivity contribution is -0.123. The number of hydrogen-bond acceptors (Lipinski definition) is 3. The molecule has 0 saturated carbocycles. The van der Waals surface area contributed by atoms with Crippen LogP contribution in [0, 0.1) is 11.7 Å². The molecule has 110 valence electrons. The van der Waals surface area contributed by atoms with E-state index in [1.54, 1.807) is 0 Å². The Labute approximate surface area is 117 Å². The number of benzene rings is 1. The van der Waals surface area contributed by atoms with Gasteiger partial charge in [-0.15, -0.1) is 0 Å². The lowest BCUT2D eigenvalue weighted by atomic mass is 10.0. The largest absolute Gasteiger partial charge is 0.353 e. The summed E-state index contributed by atoms with van der Waals surface area (Å²) < 4.78 is 12.8. The third-order valence-corrected chi connectivity index (χ3v) is 2.79. The average molecular weight is 281 g/mol. The second-order valence-electron chi connectivity index (χ2n) is 4.78. The van der Waals surface area contributed by atoms with E-state index in [1.807, 2.05) is 13.8 Å². The van der Waals surface area contributed by atoms with Crippen molar-refractivity contribution in [1.29, 1.82) is 0 Å². The van der Waals surface area contributed by atoms with Crippen molar-refractivity contribution in [2.45, 2.75) is 19.9 Å². The molecule has 2 amide bonds. The van der Waals surface area contributed by atoms with Crippen LogP contribution < -0.4 is 16.4 Å².